The molecule has 1 rings (SSSR count). The standard InChI is InChI=1S/C18H37NO/c1-15-9-8-10-18(13-15,14-19-17(5,6)7)20-12-11-16(2,3)4/h15,19H,8-14H2,1-7H3. The highest BCUT2D eigenvalue weighted by atomic mass is 16.5. The van der Waals surface area contributed by atoms with Crippen LogP contribution < -0.4 is 5.32 Å². The van der Waals surface area contributed by atoms with Crippen LogP contribution in [0.1, 0.15) is 80.6 Å². The Morgan fingerprint density at radius 2 is 1.80 bits per heavy atom. The summed E-state index contributed by atoms with van der Waals surface area (Å²) in [4.78, 5) is 0. The second kappa shape index (κ2) is 6.79. The SMILES string of the molecule is CC1CCCC(CNC(C)(C)C)(OCCC(C)(C)C)C1. The molecular weight excluding hydrogens is 246 g/mol. The molecule has 1 aliphatic rings. The number of hydrogen-bond donors (Lipinski definition) is 1. The summed E-state index contributed by atoms with van der Waals surface area (Å²) in [5.74, 6) is 0.792. The summed E-state index contributed by atoms with van der Waals surface area (Å²) in [6.45, 7) is 17.8. The van der Waals surface area contributed by atoms with Crippen molar-refractivity contribution < 1.29 is 4.74 Å². The van der Waals surface area contributed by atoms with E-state index in [4.69, 9.17) is 4.74 Å². The summed E-state index contributed by atoms with van der Waals surface area (Å²) in [5, 5.41) is 3.68. The predicted octanol–water partition coefficient (Wildman–Crippen LogP) is 4.78. The van der Waals surface area contributed by atoms with Crippen LogP contribution in [0.3, 0.4) is 0 Å². The maximum Gasteiger partial charge on any atom is 0.0809 e. The molecule has 2 atom stereocenters. The zero-order valence-corrected chi connectivity index (χ0v) is 14.9. The van der Waals surface area contributed by atoms with Crippen LogP contribution in [0.25, 0.3) is 0 Å². The van der Waals surface area contributed by atoms with Crippen molar-refractivity contribution in [1.29, 1.82) is 0 Å². The minimum absolute atomic E-state index is 0.0657. The average molecular weight is 284 g/mol. The van der Waals surface area contributed by atoms with Crippen molar-refractivity contribution in [2.24, 2.45) is 11.3 Å². The van der Waals surface area contributed by atoms with E-state index >= 15 is 0 Å². The lowest BCUT2D eigenvalue weighted by Gasteiger charge is -2.42. The Balaban J connectivity index is 2.59. The predicted molar refractivity (Wildman–Crippen MR) is 88.1 cm³/mol. The van der Waals surface area contributed by atoms with E-state index in [2.05, 4.69) is 53.8 Å². The highest BCUT2D eigenvalue weighted by Gasteiger charge is 2.36. The number of ether oxygens (including phenoxy) is 1. The van der Waals surface area contributed by atoms with Crippen LogP contribution in [-0.2, 0) is 4.74 Å². The molecule has 2 unspecified atom stereocenters. The van der Waals surface area contributed by atoms with Crippen molar-refractivity contribution in [3.05, 3.63) is 0 Å². The van der Waals surface area contributed by atoms with E-state index in [0.717, 1.165) is 25.5 Å². The molecule has 2 nitrogen and oxygen atoms in total. The van der Waals surface area contributed by atoms with Crippen molar-refractivity contribution >= 4 is 0 Å². The molecule has 0 saturated heterocycles. The molecule has 1 saturated carbocycles. The van der Waals surface area contributed by atoms with Crippen LogP contribution >= 0.6 is 0 Å². The largest absolute Gasteiger partial charge is 0.374 e. The van der Waals surface area contributed by atoms with Crippen LogP contribution in [0.5, 0.6) is 0 Å². The molecule has 0 amide bonds. The molecular formula is C18H37NO. The summed E-state index contributed by atoms with van der Waals surface area (Å²) >= 11 is 0. The molecule has 0 aliphatic heterocycles. The summed E-state index contributed by atoms with van der Waals surface area (Å²) in [6, 6.07) is 0. The van der Waals surface area contributed by atoms with Crippen LogP contribution in [-0.4, -0.2) is 24.3 Å². The fraction of sp³-hybridized carbons (Fsp3) is 1.00. The first-order valence-corrected chi connectivity index (χ1v) is 8.40. The van der Waals surface area contributed by atoms with Gasteiger partial charge in [-0.25, -0.2) is 0 Å². The van der Waals surface area contributed by atoms with E-state index in [-0.39, 0.29) is 11.1 Å². The summed E-state index contributed by atoms with van der Waals surface area (Å²) in [6.07, 6.45) is 6.23. The Labute approximate surface area is 127 Å². The molecule has 1 aliphatic carbocycles. The maximum atomic E-state index is 6.45. The third-order valence-corrected chi connectivity index (χ3v) is 4.25. The third-order valence-electron chi connectivity index (χ3n) is 4.25. The first-order valence-electron chi connectivity index (χ1n) is 8.40. The molecule has 2 heteroatoms. The monoisotopic (exact) mass is 283 g/mol. The zero-order chi connectivity index (χ0) is 15.4. The Morgan fingerprint density at radius 1 is 1.15 bits per heavy atom. The van der Waals surface area contributed by atoms with E-state index in [0.29, 0.717) is 5.41 Å². The van der Waals surface area contributed by atoms with Crippen LogP contribution in [0.4, 0.5) is 0 Å². The minimum Gasteiger partial charge on any atom is -0.374 e. The lowest BCUT2D eigenvalue weighted by Crippen LogP contribution is -2.51. The molecule has 0 aromatic heterocycles. The van der Waals surface area contributed by atoms with Crippen molar-refractivity contribution in [3.8, 4) is 0 Å². The van der Waals surface area contributed by atoms with Crippen molar-refractivity contribution in [2.75, 3.05) is 13.2 Å². The minimum atomic E-state index is 0.0657. The molecule has 0 aromatic carbocycles. The smallest absolute Gasteiger partial charge is 0.0809 e. The highest BCUT2D eigenvalue weighted by molar-refractivity contribution is 4.91. The van der Waals surface area contributed by atoms with Crippen molar-refractivity contribution in [1.82, 2.24) is 5.32 Å². The molecule has 0 radical (unpaired) electrons. The quantitative estimate of drug-likeness (QED) is 0.784. The van der Waals surface area contributed by atoms with Crippen LogP contribution in [0, 0.1) is 11.3 Å². The van der Waals surface area contributed by atoms with E-state index < -0.39 is 0 Å². The fourth-order valence-electron chi connectivity index (χ4n) is 2.95. The first-order chi connectivity index (χ1) is 9.02. The molecule has 1 fully saturated rings. The summed E-state index contributed by atoms with van der Waals surface area (Å²) in [7, 11) is 0. The van der Waals surface area contributed by atoms with Crippen LogP contribution in [0.2, 0.25) is 0 Å². The van der Waals surface area contributed by atoms with Gasteiger partial charge in [-0.3, -0.25) is 0 Å². The molecule has 0 aromatic rings. The Kier molecular flexibility index (Phi) is 6.10. The van der Waals surface area contributed by atoms with Gasteiger partial charge in [-0.15, -0.1) is 0 Å². The second-order valence-corrected chi connectivity index (χ2v) is 9.15. The van der Waals surface area contributed by atoms with Gasteiger partial charge < -0.3 is 10.1 Å². The number of nitrogens with one attached hydrogen (secondary N) is 1. The van der Waals surface area contributed by atoms with Gasteiger partial charge in [0.1, 0.15) is 0 Å². The highest BCUT2D eigenvalue weighted by Crippen LogP contribution is 2.36. The van der Waals surface area contributed by atoms with Gasteiger partial charge in [0.2, 0.25) is 0 Å². The van der Waals surface area contributed by atoms with Gasteiger partial charge in [0, 0.05) is 18.7 Å². The lowest BCUT2D eigenvalue weighted by atomic mass is 9.78. The zero-order valence-electron chi connectivity index (χ0n) is 14.9. The van der Waals surface area contributed by atoms with Gasteiger partial charge in [-0.05, 0) is 51.4 Å². The fourth-order valence-corrected chi connectivity index (χ4v) is 2.95. The van der Waals surface area contributed by atoms with Gasteiger partial charge >= 0.3 is 0 Å². The molecule has 1 N–H and O–H groups in total. The topological polar surface area (TPSA) is 21.3 Å². The molecule has 20 heavy (non-hydrogen) atoms. The summed E-state index contributed by atoms with van der Waals surface area (Å²) in [5.41, 5.74) is 0.593. The molecule has 0 heterocycles. The second-order valence-electron chi connectivity index (χ2n) is 9.15. The molecule has 0 spiro atoms. The lowest BCUT2D eigenvalue weighted by molar-refractivity contribution is -0.0880. The summed E-state index contributed by atoms with van der Waals surface area (Å²) < 4.78 is 6.45. The van der Waals surface area contributed by atoms with Gasteiger partial charge in [0.25, 0.3) is 0 Å². The molecule has 120 valence electrons. The third kappa shape index (κ3) is 7.08. The first kappa shape index (κ1) is 18.0. The Hall–Kier alpha value is -0.0800. The van der Waals surface area contributed by atoms with E-state index in [9.17, 15) is 0 Å². The van der Waals surface area contributed by atoms with E-state index in [1.165, 1.54) is 25.7 Å². The van der Waals surface area contributed by atoms with Gasteiger partial charge in [0.05, 0.1) is 5.60 Å². The maximum absolute atomic E-state index is 6.45. The molecule has 0 bridgehead atoms. The van der Waals surface area contributed by atoms with Gasteiger partial charge in [-0.1, -0.05) is 40.5 Å². The Morgan fingerprint density at radius 3 is 2.30 bits per heavy atom. The van der Waals surface area contributed by atoms with Gasteiger partial charge in [0.15, 0.2) is 0 Å². The van der Waals surface area contributed by atoms with Crippen molar-refractivity contribution in [3.63, 3.8) is 0 Å². The normalized spacial score (nSPS) is 28.6. The van der Waals surface area contributed by atoms with Crippen LogP contribution in [0.15, 0.2) is 0 Å². The van der Waals surface area contributed by atoms with Crippen molar-refractivity contribution in [2.45, 2.75) is 91.7 Å². The Bertz CT molecular complexity index is 287. The number of rotatable bonds is 5. The van der Waals surface area contributed by atoms with Gasteiger partial charge in [-0.2, -0.15) is 0 Å². The van der Waals surface area contributed by atoms with E-state index in [1.54, 1.807) is 0 Å². The average Bonchev–Trinajstić information content (AvgIpc) is 2.24. The number of hydrogen-bond acceptors (Lipinski definition) is 2. The van der Waals surface area contributed by atoms with E-state index in [1.807, 2.05) is 0 Å².